The van der Waals surface area contributed by atoms with Crippen LogP contribution in [0.2, 0.25) is 0 Å². The van der Waals surface area contributed by atoms with Crippen molar-refractivity contribution in [3.8, 4) is 5.75 Å². The Hall–Kier alpha value is -4.06. The second-order valence-corrected chi connectivity index (χ2v) is 8.81. The van der Waals surface area contributed by atoms with Crippen molar-refractivity contribution < 1.29 is 19.4 Å². The molecule has 3 aromatic carbocycles. The average molecular weight is 471 g/mol. The highest BCUT2D eigenvalue weighted by atomic mass is 16.5. The lowest BCUT2D eigenvalue weighted by molar-refractivity contribution is -0.132. The molecule has 0 spiro atoms. The number of hydrogen-bond acceptors (Lipinski definition) is 5. The summed E-state index contributed by atoms with van der Waals surface area (Å²) in [4.78, 5) is 30.1. The van der Waals surface area contributed by atoms with Crippen LogP contribution in [0.25, 0.3) is 5.76 Å². The lowest BCUT2D eigenvalue weighted by Crippen LogP contribution is -2.29. The summed E-state index contributed by atoms with van der Waals surface area (Å²) in [5.74, 6) is -0.898. The SMILES string of the molecule is CCCOc1ccc(/C(O)=C2\C(=O)C(=O)N(c3ccc(N(C)C)cc3)C2c2ccccc2C)cc1. The van der Waals surface area contributed by atoms with Crippen molar-refractivity contribution in [2.45, 2.75) is 26.3 Å². The van der Waals surface area contributed by atoms with Crippen LogP contribution in [0.5, 0.6) is 5.75 Å². The van der Waals surface area contributed by atoms with E-state index in [0.29, 0.717) is 23.6 Å². The molecule has 1 unspecified atom stereocenters. The van der Waals surface area contributed by atoms with E-state index >= 15 is 0 Å². The third-order valence-electron chi connectivity index (χ3n) is 6.17. The van der Waals surface area contributed by atoms with Crippen LogP contribution in [-0.2, 0) is 9.59 Å². The maximum atomic E-state index is 13.3. The summed E-state index contributed by atoms with van der Waals surface area (Å²) in [6.07, 6.45) is 0.886. The molecule has 3 aromatic rings. The van der Waals surface area contributed by atoms with Gasteiger partial charge >= 0.3 is 0 Å². The lowest BCUT2D eigenvalue weighted by Gasteiger charge is -2.27. The van der Waals surface area contributed by atoms with Crippen molar-refractivity contribution in [3.63, 3.8) is 0 Å². The molecule has 4 rings (SSSR count). The van der Waals surface area contributed by atoms with E-state index in [1.807, 2.05) is 81.4 Å². The molecule has 6 nitrogen and oxygen atoms in total. The maximum absolute atomic E-state index is 13.3. The van der Waals surface area contributed by atoms with Crippen LogP contribution in [0, 0.1) is 6.92 Å². The van der Waals surface area contributed by atoms with Gasteiger partial charge in [0.2, 0.25) is 0 Å². The van der Waals surface area contributed by atoms with Gasteiger partial charge in [-0.3, -0.25) is 14.5 Å². The average Bonchev–Trinajstić information content (AvgIpc) is 3.13. The number of nitrogens with zero attached hydrogens (tertiary/aromatic N) is 2. The molecule has 1 N–H and O–H groups in total. The van der Waals surface area contributed by atoms with Crippen LogP contribution in [0.15, 0.2) is 78.4 Å². The molecule has 1 heterocycles. The molecular weight excluding hydrogens is 440 g/mol. The summed E-state index contributed by atoms with van der Waals surface area (Å²) in [6.45, 7) is 4.56. The number of Topliss-reactive ketones (excluding diaryl/α,β-unsaturated/α-hetero) is 1. The Bertz CT molecular complexity index is 1260. The number of aryl methyl sites for hydroxylation is 1. The lowest BCUT2D eigenvalue weighted by atomic mass is 9.92. The Morgan fingerprint density at radius 1 is 0.971 bits per heavy atom. The fourth-order valence-electron chi connectivity index (χ4n) is 4.28. The Kier molecular flexibility index (Phi) is 6.92. The van der Waals surface area contributed by atoms with Crippen molar-refractivity contribution >= 4 is 28.8 Å². The van der Waals surface area contributed by atoms with E-state index < -0.39 is 17.7 Å². The topological polar surface area (TPSA) is 70.1 Å². The van der Waals surface area contributed by atoms with E-state index in [9.17, 15) is 14.7 Å². The third kappa shape index (κ3) is 4.64. The molecule has 180 valence electrons. The maximum Gasteiger partial charge on any atom is 0.300 e. The minimum absolute atomic E-state index is 0.0724. The van der Waals surface area contributed by atoms with Crippen LogP contribution in [0.3, 0.4) is 0 Å². The molecule has 0 saturated carbocycles. The molecule has 0 aliphatic carbocycles. The van der Waals surface area contributed by atoms with Gasteiger partial charge in [0.15, 0.2) is 0 Å². The predicted molar refractivity (Wildman–Crippen MR) is 139 cm³/mol. The minimum Gasteiger partial charge on any atom is -0.507 e. The molecule has 1 saturated heterocycles. The van der Waals surface area contributed by atoms with Crippen molar-refractivity contribution in [3.05, 3.63) is 95.1 Å². The van der Waals surface area contributed by atoms with E-state index in [0.717, 1.165) is 23.2 Å². The highest BCUT2D eigenvalue weighted by Crippen LogP contribution is 2.43. The van der Waals surface area contributed by atoms with Crippen molar-refractivity contribution in [2.24, 2.45) is 0 Å². The number of anilines is 2. The van der Waals surface area contributed by atoms with Crippen LogP contribution < -0.4 is 14.5 Å². The van der Waals surface area contributed by atoms with Crippen molar-refractivity contribution in [2.75, 3.05) is 30.5 Å². The summed E-state index contributed by atoms with van der Waals surface area (Å²) in [5.41, 5.74) is 3.80. The molecule has 1 amide bonds. The Morgan fingerprint density at radius 2 is 1.63 bits per heavy atom. The molecule has 1 aliphatic heterocycles. The zero-order valence-corrected chi connectivity index (χ0v) is 20.5. The number of carbonyl (C=O) groups is 2. The minimum atomic E-state index is -0.752. The van der Waals surface area contributed by atoms with Crippen LogP contribution in [-0.4, -0.2) is 37.5 Å². The van der Waals surface area contributed by atoms with Crippen LogP contribution >= 0.6 is 0 Å². The number of ketones is 1. The molecule has 0 aromatic heterocycles. The highest BCUT2D eigenvalue weighted by molar-refractivity contribution is 6.51. The molecular formula is C29H30N2O4. The molecule has 6 heteroatoms. The third-order valence-corrected chi connectivity index (χ3v) is 6.17. The van der Waals surface area contributed by atoms with Gasteiger partial charge in [-0.2, -0.15) is 0 Å². The zero-order chi connectivity index (χ0) is 25.1. The first-order valence-corrected chi connectivity index (χ1v) is 11.7. The monoisotopic (exact) mass is 470 g/mol. The van der Waals surface area contributed by atoms with E-state index in [4.69, 9.17) is 4.74 Å². The van der Waals surface area contributed by atoms with Crippen LogP contribution in [0.1, 0.15) is 36.1 Å². The van der Waals surface area contributed by atoms with Gasteiger partial charge in [0, 0.05) is 31.0 Å². The standard InChI is InChI=1S/C29H30N2O4/c1-5-18-35-23-16-10-20(11-17-23)27(32)25-26(24-9-7-6-8-19(24)2)31(29(34)28(25)33)22-14-12-21(13-15-22)30(3)4/h6-17,26,32H,5,18H2,1-4H3/b27-25+. The fourth-order valence-corrected chi connectivity index (χ4v) is 4.28. The number of ether oxygens (including phenoxy) is 1. The van der Waals surface area contributed by atoms with E-state index in [1.54, 1.807) is 24.3 Å². The quantitative estimate of drug-likeness (QED) is 0.281. The summed E-state index contributed by atoms with van der Waals surface area (Å²) in [6, 6.07) is 21.2. The second kappa shape index (κ2) is 10.1. The molecule has 1 aliphatic rings. The van der Waals surface area contributed by atoms with Gasteiger partial charge in [0.1, 0.15) is 11.5 Å². The van der Waals surface area contributed by atoms with Gasteiger partial charge in [-0.15, -0.1) is 0 Å². The summed E-state index contributed by atoms with van der Waals surface area (Å²) in [7, 11) is 3.88. The van der Waals surface area contributed by atoms with E-state index in [2.05, 4.69) is 0 Å². The highest BCUT2D eigenvalue weighted by Gasteiger charge is 2.47. The number of amides is 1. The summed E-state index contributed by atoms with van der Waals surface area (Å²) >= 11 is 0. The largest absolute Gasteiger partial charge is 0.507 e. The normalized spacial score (nSPS) is 17.0. The number of carbonyl (C=O) groups excluding carboxylic acids is 2. The Labute approximate surface area is 206 Å². The van der Waals surface area contributed by atoms with Gasteiger partial charge in [-0.05, 0) is 73.0 Å². The molecule has 1 fully saturated rings. The first kappa shape index (κ1) is 24.1. The number of rotatable bonds is 7. The summed E-state index contributed by atoms with van der Waals surface area (Å²) in [5, 5.41) is 11.3. The Balaban J connectivity index is 1.85. The molecule has 0 bridgehead atoms. The number of benzene rings is 3. The predicted octanol–water partition coefficient (Wildman–Crippen LogP) is 5.48. The molecule has 35 heavy (non-hydrogen) atoms. The molecule has 1 atom stereocenters. The van der Waals surface area contributed by atoms with Crippen LogP contribution in [0.4, 0.5) is 11.4 Å². The Morgan fingerprint density at radius 3 is 2.23 bits per heavy atom. The van der Waals surface area contributed by atoms with Gasteiger partial charge < -0.3 is 14.7 Å². The smallest absolute Gasteiger partial charge is 0.300 e. The first-order valence-electron chi connectivity index (χ1n) is 11.7. The zero-order valence-electron chi connectivity index (χ0n) is 20.5. The van der Waals surface area contributed by atoms with E-state index in [-0.39, 0.29) is 11.3 Å². The van der Waals surface area contributed by atoms with Gasteiger partial charge in [0.05, 0.1) is 18.2 Å². The van der Waals surface area contributed by atoms with Gasteiger partial charge in [-0.25, -0.2) is 0 Å². The molecule has 0 radical (unpaired) electrons. The van der Waals surface area contributed by atoms with Crippen molar-refractivity contribution in [1.82, 2.24) is 0 Å². The van der Waals surface area contributed by atoms with Crippen molar-refractivity contribution in [1.29, 1.82) is 0 Å². The first-order chi connectivity index (χ1) is 16.8. The number of aliphatic hydroxyl groups is 1. The fraction of sp³-hybridized carbons (Fsp3) is 0.241. The van der Waals surface area contributed by atoms with E-state index in [1.165, 1.54) is 4.90 Å². The number of hydrogen-bond donors (Lipinski definition) is 1. The van der Waals surface area contributed by atoms with Gasteiger partial charge in [0.25, 0.3) is 11.7 Å². The van der Waals surface area contributed by atoms with Gasteiger partial charge in [-0.1, -0.05) is 31.2 Å². The number of aliphatic hydroxyl groups excluding tert-OH is 1. The summed E-state index contributed by atoms with van der Waals surface area (Å²) < 4.78 is 5.63. The second-order valence-electron chi connectivity index (χ2n) is 8.81.